The Morgan fingerprint density at radius 2 is 1.57 bits per heavy atom. The third-order valence-electron chi connectivity index (χ3n) is 4.03. The molecule has 1 aromatic rings. The molecule has 0 bridgehead atoms. The molecule has 1 rings (SSSR count). The Balaban J connectivity index is 2.33. The Morgan fingerprint density at radius 3 is 2.24 bits per heavy atom. The number of unbranched alkanes of at least 4 members (excludes halogenated alkanes) is 6. The van der Waals surface area contributed by atoms with Crippen LogP contribution in [0.25, 0.3) is 0 Å². The van der Waals surface area contributed by atoms with E-state index in [1.165, 1.54) is 56.2 Å². The monoisotopic (exact) mass is 290 g/mol. The first kappa shape index (κ1) is 18.0. The van der Waals surface area contributed by atoms with E-state index in [4.69, 9.17) is 5.73 Å². The summed E-state index contributed by atoms with van der Waals surface area (Å²) in [5, 5.41) is 0. The quantitative estimate of drug-likeness (QED) is 0.555. The number of nitrogens with two attached hydrogens (primary N) is 1. The van der Waals surface area contributed by atoms with Crippen LogP contribution in [0, 0.1) is 6.92 Å². The van der Waals surface area contributed by atoms with Crippen LogP contribution in [0.1, 0.15) is 63.9 Å². The highest BCUT2D eigenvalue weighted by Crippen LogP contribution is 2.17. The Hall–Kier alpha value is -1.02. The molecule has 2 nitrogen and oxygen atoms in total. The van der Waals surface area contributed by atoms with Crippen molar-refractivity contribution in [2.75, 3.05) is 24.5 Å². The number of anilines is 1. The number of benzene rings is 1. The highest BCUT2D eigenvalue weighted by Gasteiger charge is 2.05. The smallest absolute Gasteiger partial charge is 0.0368 e. The van der Waals surface area contributed by atoms with E-state index in [2.05, 4.69) is 43.0 Å². The predicted molar refractivity (Wildman–Crippen MR) is 95.1 cm³/mol. The van der Waals surface area contributed by atoms with Crippen LogP contribution in [-0.2, 0) is 0 Å². The van der Waals surface area contributed by atoms with Crippen molar-refractivity contribution >= 4 is 5.69 Å². The summed E-state index contributed by atoms with van der Waals surface area (Å²) < 4.78 is 0. The van der Waals surface area contributed by atoms with Gasteiger partial charge in [0.15, 0.2) is 0 Å². The molecular formula is C19H34N2. The maximum Gasteiger partial charge on any atom is 0.0368 e. The molecule has 0 fully saturated rings. The molecule has 120 valence electrons. The van der Waals surface area contributed by atoms with Crippen LogP contribution in [0.4, 0.5) is 5.69 Å². The zero-order chi connectivity index (χ0) is 15.3. The molecule has 0 aliphatic rings. The number of nitrogens with zero attached hydrogens (tertiary/aromatic N) is 1. The van der Waals surface area contributed by atoms with Gasteiger partial charge in [-0.3, -0.25) is 0 Å². The molecule has 0 saturated carbocycles. The molecule has 21 heavy (non-hydrogen) atoms. The van der Waals surface area contributed by atoms with Crippen LogP contribution in [0.3, 0.4) is 0 Å². The average Bonchev–Trinajstić information content (AvgIpc) is 2.49. The molecule has 1 aromatic carbocycles. The van der Waals surface area contributed by atoms with Crippen LogP contribution >= 0.6 is 0 Å². The lowest BCUT2D eigenvalue weighted by atomic mass is 10.1. The SMILES string of the molecule is CCCCCCCCCN(CCCN)c1cccc(C)c1. The molecule has 0 radical (unpaired) electrons. The van der Waals surface area contributed by atoms with Crippen molar-refractivity contribution in [3.05, 3.63) is 29.8 Å². The van der Waals surface area contributed by atoms with Crippen molar-refractivity contribution in [3.8, 4) is 0 Å². The van der Waals surface area contributed by atoms with E-state index >= 15 is 0 Å². The van der Waals surface area contributed by atoms with Gasteiger partial charge in [0.05, 0.1) is 0 Å². The first-order valence-corrected chi connectivity index (χ1v) is 8.79. The predicted octanol–water partition coefficient (Wildman–Crippen LogP) is 4.90. The first-order valence-electron chi connectivity index (χ1n) is 8.79. The van der Waals surface area contributed by atoms with Crippen molar-refractivity contribution in [2.45, 2.75) is 65.2 Å². The Kier molecular flexibility index (Phi) is 9.98. The van der Waals surface area contributed by atoms with Crippen LogP contribution in [-0.4, -0.2) is 19.6 Å². The second-order valence-corrected chi connectivity index (χ2v) is 6.09. The maximum atomic E-state index is 5.68. The normalized spacial score (nSPS) is 10.8. The second-order valence-electron chi connectivity index (χ2n) is 6.09. The van der Waals surface area contributed by atoms with Gasteiger partial charge in [0.25, 0.3) is 0 Å². The minimum atomic E-state index is 0.777. The van der Waals surface area contributed by atoms with E-state index < -0.39 is 0 Å². The Bertz CT molecular complexity index is 362. The summed E-state index contributed by atoms with van der Waals surface area (Å²) in [6.07, 6.45) is 10.7. The van der Waals surface area contributed by atoms with Crippen molar-refractivity contribution in [3.63, 3.8) is 0 Å². The summed E-state index contributed by atoms with van der Waals surface area (Å²) in [5.41, 5.74) is 8.37. The van der Waals surface area contributed by atoms with E-state index in [1.807, 2.05) is 0 Å². The molecule has 2 N–H and O–H groups in total. The lowest BCUT2D eigenvalue weighted by Crippen LogP contribution is -2.27. The van der Waals surface area contributed by atoms with Gasteiger partial charge in [-0.25, -0.2) is 0 Å². The van der Waals surface area contributed by atoms with Crippen LogP contribution in [0.15, 0.2) is 24.3 Å². The minimum Gasteiger partial charge on any atom is -0.371 e. The average molecular weight is 290 g/mol. The van der Waals surface area contributed by atoms with Gasteiger partial charge in [0.1, 0.15) is 0 Å². The van der Waals surface area contributed by atoms with E-state index in [0.29, 0.717) is 0 Å². The lowest BCUT2D eigenvalue weighted by Gasteiger charge is -2.25. The molecule has 2 heteroatoms. The van der Waals surface area contributed by atoms with Crippen LogP contribution in [0.2, 0.25) is 0 Å². The van der Waals surface area contributed by atoms with E-state index in [9.17, 15) is 0 Å². The summed E-state index contributed by atoms with van der Waals surface area (Å²) in [7, 11) is 0. The van der Waals surface area contributed by atoms with E-state index in [0.717, 1.165) is 26.1 Å². The molecule has 0 spiro atoms. The fourth-order valence-corrected chi connectivity index (χ4v) is 2.74. The van der Waals surface area contributed by atoms with Gasteiger partial charge in [-0.15, -0.1) is 0 Å². The minimum absolute atomic E-state index is 0.777. The fourth-order valence-electron chi connectivity index (χ4n) is 2.74. The number of aryl methyl sites for hydroxylation is 1. The molecular weight excluding hydrogens is 256 g/mol. The highest BCUT2D eigenvalue weighted by molar-refractivity contribution is 5.48. The zero-order valence-electron chi connectivity index (χ0n) is 14.1. The maximum absolute atomic E-state index is 5.68. The summed E-state index contributed by atoms with van der Waals surface area (Å²) in [6, 6.07) is 8.84. The van der Waals surface area contributed by atoms with Gasteiger partial charge in [0, 0.05) is 18.8 Å². The summed E-state index contributed by atoms with van der Waals surface area (Å²) in [4.78, 5) is 2.51. The summed E-state index contributed by atoms with van der Waals surface area (Å²) in [6.45, 7) is 7.46. The lowest BCUT2D eigenvalue weighted by molar-refractivity contribution is 0.581. The number of hydrogen-bond donors (Lipinski definition) is 1. The molecule has 0 aliphatic carbocycles. The van der Waals surface area contributed by atoms with Crippen molar-refractivity contribution < 1.29 is 0 Å². The zero-order valence-corrected chi connectivity index (χ0v) is 14.1. The molecule has 0 aromatic heterocycles. The van der Waals surface area contributed by atoms with Gasteiger partial charge < -0.3 is 10.6 Å². The molecule has 0 aliphatic heterocycles. The van der Waals surface area contributed by atoms with Gasteiger partial charge >= 0.3 is 0 Å². The van der Waals surface area contributed by atoms with Crippen molar-refractivity contribution in [2.24, 2.45) is 5.73 Å². The molecule has 0 atom stereocenters. The van der Waals surface area contributed by atoms with E-state index in [1.54, 1.807) is 0 Å². The summed E-state index contributed by atoms with van der Waals surface area (Å²) >= 11 is 0. The molecule has 0 amide bonds. The number of hydrogen-bond acceptors (Lipinski definition) is 2. The van der Waals surface area contributed by atoms with Gasteiger partial charge in [-0.1, -0.05) is 57.6 Å². The largest absolute Gasteiger partial charge is 0.371 e. The van der Waals surface area contributed by atoms with Crippen molar-refractivity contribution in [1.29, 1.82) is 0 Å². The Labute approximate surface area is 131 Å². The highest BCUT2D eigenvalue weighted by atomic mass is 15.1. The third-order valence-corrected chi connectivity index (χ3v) is 4.03. The number of rotatable bonds is 12. The molecule has 0 heterocycles. The second kappa shape index (κ2) is 11.6. The van der Waals surface area contributed by atoms with E-state index in [-0.39, 0.29) is 0 Å². The van der Waals surface area contributed by atoms with Crippen LogP contribution < -0.4 is 10.6 Å². The van der Waals surface area contributed by atoms with Gasteiger partial charge in [0.2, 0.25) is 0 Å². The molecule has 0 unspecified atom stereocenters. The summed E-state index contributed by atoms with van der Waals surface area (Å²) in [5.74, 6) is 0. The third kappa shape index (κ3) is 8.11. The molecule has 0 saturated heterocycles. The van der Waals surface area contributed by atoms with Gasteiger partial charge in [-0.2, -0.15) is 0 Å². The first-order chi connectivity index (χ1) is 10.3. The van der Waals surface area contributed by atoms with Gasteiger partial charge in [-0.05, 0) is 44.0 Å². The van der Waals surface area contributed by atoms with Crippen LogP contribution in [0.5, 0.6) is 0 Å². The van der Waals surface area contributed by atoms with Crippen molar-refractivity contribution in [1.82, 2.24) is 0 Å². The topological polar surface area (TPSA) is 29.3 Å². The fraction of sp³-hybridized carbons (Fsp3) is 0.684. The Morgan fingerprint density at radius 1 is 0.905 bits per heavy atom. The standard InChI is InChI=1S/C19H34N2/c1-3-4-5-6-7-8-9-15-21(16-11-14-20)19-13-10-12-18(2)17-19/h10,12-13,17H,3-9,11,14-16,20H2,1-2H3.